The van der Waals surface area contributed by atoms with Gasteiger partial charge in [0.25, 0.3) is 0 Å². The monoisotopic (exact) mass is 330 g/mol. The molecule has 23 heavy (non-hydrogen) atoms. The van der Waals surface area contributed by atoms with Gasteiger partial charge >= 0.3 is 0 Å². The molecule has 1 aromatic heterocycles. The summed E-state index contributed by atoms with van der Waals surface area (Å²) in [5.74, 6) is 1.26. The quantitative estimate of drug-likeness (QED) is 0.614. The maximum atomic E-state index is 12.1. The Morgan fingerprint density at radius 2 is 1.78 bits per heavy atom. The summed E-state index contributed by atoms with van der Waals surface area (Å²) in [5.41, 5.74) is 2.71. The zero-order valence-corrected chi connectivity index (χ0v) is 15.0. The zero-order chi connectivity index (χ0) is 17.0. The molecule has 0 radical (unpaired) electrons. The Labute approximate surface area is 141 Å². The molecule has 0 aliphatic rings. The minimum Gasteiger partial charge on any atom is -0.591 e. The van der Waals surface area contributed by atoms with E-state index < -0.39 is 11.4 Å². The number of hydrogen-bond acceptors (Lipinski definition) is 4. The van der Waals surface area contributed by atoms with Crippen LogP contribution in [0.5, 0.6) is 11.6 Å². The molecule has 122 valence electrons. The predicted octanol–water partition coefficient (Wildman–Crippen LogP) is 4.45. The van der Waals surface area contributed by atoms with Crippen molar-refractivity contribution in [2.24, 2.45) is 4.40 Å². The van der Waals surface area contributed by atoms with Crippen LogP contribution >= 0.6 is 0 Å². The van der Waals surface area contributed by atoms with Crippen molar-refractivity contribution < 1.29 is 9.29 Å². The molecule has 1 unspecified atom stereocenters. The van der Waals surface area contributed by atoms with Crippen LogP contribution in [0.2, 0.25) is 0 Å². The van der Waals surface area contributed by atoms with E-state index in [1.54, 1.807) is 12.3 Å². The highest BCUT2D eigenvalue weighted by molar-refractivity contribution is 7.91. The normalized spacial score (nSPS) is 13.7. The van der Waals surface area contributed by atoms with Crippen LogP contribution in [0.4, 0.5) is 0 Å². The van der Waals surface area contributed by atoms with Crippen molar-refractivity contribution in [3.8, 4) is 11.6 Å². The van der Waals surface area contributed by atoms with Gasteiger partial charge in [0.15, 0.2) is 0 Å². The predicted molar refractivity (Wildman–Crippen MR) is 95.6 cm³/mol. The Morgan fingerprint density at radius 3 is 2.30 bits per heavy atom. The van der Waals surface area contributed by atoms with Gasteiger partial charge in [-0.2, -0.15) is 0 Å². The molecule has 1 aromatic carbocycles. The summed E-state index contributed by atoms with van der Waals surface area (Å²) in [6.45, 7) is 9.56. The number of pyridine rings is 1. The molecule has 0 aliphatic heterocycles. The third kappa shape index (κ3) is 5.08. The number of ether oxygens (including phenoxy) is 1. The number of nitrogens with zero attached hydrogens (tertiary/aromatic N) is 2. The van der Waals surface area contributed by atoms with Crippen LogP contribution in [0.15, 0.2) is 47.0 Å². The minimum atomic E-state index is -1.28. The fraction of sp³-hybridized carbons (Fsp3) is 0.333. The number of benzene rings is 1. The molecule has 1 atom stereocenters. The summed E-state index contributed by atoms with van der Waals surface area (Å²) in [5, 5.41) is 0. The molecule has 1 heterocycles. The first-order chi connectivity index (χ1) is 10.8. The lowest BCUT2D eigenvalue weighted by molar-refractivity contribution is 0.463. The molecule has 2 aromatic rings. The highest BCUT2D eigenvalue weighted by atomic mass is 32.2. The van der Waals surface area contributed by atoms with Crippen LogP contribution in [0, 0.1) is 6.92 Å². The lowest BCUT2D eigenvalue weighted by Gasteiger charge is -2.18. The van der Waals surface area contributed by atoms with Gasteiger partial charge in [0.1, 0.15) is 21.9 Å². The lowest BCUT2D eigenvalue weighted by Crippen LogP contribution is -2.26. The Hall–Kier alpha value is -1.85. The molecule has 0 saturated carbocycles. The first-order valence-corrected chi connectivity index (χ1v) is 8.54. The van der Waals surface area contributed by atoms with Crippen molar-refractivity contribution in [2.75, 3.05) is 0 Å². The van der Waals surface area contributed by atoms with E-state index >= 15 is 0 Å². The molecular formula is C18H22N2O2S. The van der Waals surface area contributed by atoms with Crippen LogP contribution in [-0.2, 0) is 11.4 Å². The topological polar surface area (TPSA) is 57.5 Å². The zero-order valence-electron chi connectivity index (χ0n) is 14.2. The van der Waals surface area contributed by atoms with Gasteiger partial charge in [-0.15, -0.1) is 0 Å². The number of aryl methyl sites for hydroxylation is 1. The van der Waals surface area contributed by atoms with Gasteiger partial charge in [-0.3, -0.25) is 0 Å². The average Bonchev–Trinajstić information content (AvgIpc) is 2.49. The molecule has 5 heteroatoms. The van der Waals surface area contributed by atoms with Gasteiger partial charge in [-0.25, -0.2) is 4.98 Å². The van der Waals surface area contributed by atoms with Gasteiger partial charge in [0.05, 0.1) is 5.71 Å². The summed E-state index contributed by atoms with van der Waals surface area (Å²) in [4.78, 5) is 4.28. The summed E-state index contributed by atoms with van der Waals surface area (Å²) < 4.78 is 21.6. The van der Waals surface area contributed by atoms with Crippen molar-refractivity contribution in [3.63, 3.8) is 0 Å². The fourth-order valence-electron chi connectivity index (χ4n) is 1.70. The van der Waals surface area contributed by atoms with Crippen molar-refractivity contribution >= 4 is 17.1 Å². The minimum absolute atomic E-state index is 0.372. The van der Waals surface area contributed by atoms with Crippen molar-refractivity contribution in [2.45, 2.75) is 39.4 Å². The van der Waals surface area contributed by atoms with Gasteiger partial charge in [0.2, 0.25) is 5.88 Å². The second kappa shape index (κ2) is 7.15. The first kappa shape index (κ1) is 17.5. The lowest BCUT2D eigenvalue weighted by atomic mass is 10.2. The van der Waals surface area contributed by atoms with Crippen molar-refractivity contribution in [3.05, 3.63) is 53.7 Å². The molecule has 4 nitrogen and oxygen atoms in total. The third-order valence-corrected chi connectivity index (χ3v) is 4.63. The Morgan fingerprint density at radius 1 is 1.13 bits per heavy atom. The molecule has 0 N–H and O–H groups in total. The van der Waals surface area contributed by atoms with E-state index in [2.05, 4.69) is 9.38 Å². The Balaban J connectivity index is 2.10. The second-order valence-corrected chi connectivity index (χ2v) is 8.24. The average molecular weight is 330 g/mol. The second-order valence-electron chi connectivity index (χ2n) is 6.34. The van der Waals surface area contributed by atoms with E-state index in [1.165, 1.54) is 5.56 Å². The maximum Gasteiger partial charge on any atom is 0.219 e. The molecule has 0 saturated heterocycles. The van der Waals surface area contributed by atoms with Crippen LogP contribution in [0.1, 0.15) is 38.8 Å². The largest absolute Gasteiger partial charge is 0.591 e. The SMILES string of the molecule is C/C(=N\[S+]([O-])C(C)(C)C)c1ccc(Oc2ccc(C)cc2)nc1. The Bertz CT molecular complexity index is 674. The summed E-state index contributed by atoms with van der Waals surface area (Å²) in [6, 6.07) is 11.4. The van der Waals surface area contributed by atoms with E-state index in [9.17, 15) is 4.55 Å². The van der Waals surface area contributed by atoms with Crippen molar-refractivity contribution in [1.82, 2.24) is 4.98 Å². The van der Waals surface area contributed by atoms with Crippen LogP contribution in [-0.4, -0.2) is 20.0 Å². The number of hydrogen-bond donors (Lipinski definition) is 0. The maximum absolute atomic E-state index is 12.1. The van der Waals surface area contributed by atoms with Gasteiger partial charge in [-0.05, 0) is 52.8 Å². The highest BCUT2D eigenvalue weighted by Gasteiger charge is 2.26. The van der Waals surface area contributed by atoms with E-state index in [0.717, 1.165) is 11.3 Å². The van der Waals surface area contributed by atoms with Crippen molar-refractivity contribution in [1.29, 1.82) is 0 Å². The fourth-order valence-corrected chi connectivity index (χ4v) is 2.32. The first-order valence-electron chi connectivity index (χ1n) is 7.44. The van der Waals surface area contributed by atoms with Gasteiger partial charge < -0.3 is 9.29 Å². The van der Waals surface area contributed by atoms with E-state index in [1.807, 2.05) is 65.0 Å². The van der Waals surface area contributed by atoms with E-state index in [-0.39, 0.29) is 4.75 Å². The molecule has 2 rings (SSSR count). The van der Waals surface area contributed by atoms with E-state index in [0.29, 0.717) is 11.6 Å². The van der Waals surface area contributed by atoms with Crippen LogP contribution in [0.3, 0.4) is 0 Å². The highest BCUT2D eigenvalue weighted by Crippen LogP contribution is 2.21. The van der Waals surface area contributed by atoms with Crippen LogP contribution < -0.4 is 4.74 Å². The van der Waals surface area contributed by atoms with Gasteiger partial charge in [0, 0.05) is 17.8 Å². The summed E-state index contributed by atoms with van der Waals surface area (Å²) in [7, 11) is 0. The molecule has 0 amide bonds. The summed E-state index contributed by atoms with van der Waals surface area (Å²) in [6.07, 6.45) is 1.68. The van der Waals surface area contributed by atoms with Crippen LogP contribution in [0.25, 0.3) is 0 Å². The van der Waals surface area contributed by atoms with E-state index in [4.69, 9.17) is 4.74 Å². The van der Waals surface area contributed by atoms with Gasteiger partial charge in [-0.1, -0.05) is 22.1 Å². The number of rotatable bonds is 4. The molecule has 0 spiro atoms. The number of aromatic nitrogens is 1. The molecule has 0 fully saturated rings. The smallest absolute Gasteiger partial charge is 0.219 e. The Kier molecular flexibility index (Phi) is 5.44. The summed E-state index contributed by atoms with van der Waals surface area (Å²) >= 11 is -1.28. The standard InChI is InChI=1S/C18H22N2O2S/c1-13-6-9-16(10-7-13)22-17-11-8-15(12-19-17)14(2)20-23(21)18(3,4)5/h6-12H,1-5H3/b20-14+. The molecule has 0 bridgehead atoms. The molecule has 0 aliphatic carbocycles. The molecular weight excluding hydrogens is 308 g/mol. The third-order valence-electron chi connectivity index (χ3n) is 3.14.